The fourth-order valence-corrected chi connectivity index (χ4v) is 1.75. The first-order valence-corrected chi connectivity index (χ1v) is 6.73. The lowest BCUT2D eigenvalue weighted by Gasteiger charge is -2.20. The SMILES string of the molecule is CON(C)C(=O)C(F)(F)c1ccc(Oc2ccc(C#N)cc2)cn1. The Morgan fingerprint density at radius 3 is 2.33 bits per heavy atom. The highest BCUT2D eigenvalue weighted by molar-refractivity contribution is 5.83. The number of amides is 1. The summed E-state index contributed by atoms with van der Waals surface area (Å²) in [6.45, 7) is 0. The van der Waals surface area contributed by atoms with Crippen molar-refractivity contribution in [1.82, 2.24) is 10.0 Å². The zero-order valence-electron chi connectivity index (χ0n) is 12.9. The highest BCUT2D eigenvalue weighted by atomic mass is 19.3. The molecular weight excluding hydrogens is 320 g/mol. The summed E-state index contributed by atoms with van der Waals surface area (Å²) in [7, 11) is 2.19. The molecule has 124 valence electrons. The van der Waals surface area contributed by atoms with Gasteiger partial charge in [0.25, 0.3) is 0 Å². The third-order valence-electron chi connectivity index (χ3n) is 3.11. The molecule has 0 N–H and O–H groups in total. The second-order valence-corrected chi connectivity index (χ2v) is 4.68. The number of rotatable bonds is 5. The van der Waals surface area contributed by atoms with Crippen LogP contribution < -0.4 is 4.74 Å². The number of hydrogen-bond donors (Lipinski definition) is 0. The Morgan fingerprint density at radius 2 is 1.83 bits per heavy atom. The predicted molar refractivity (Wildman–Crippen MR) is 79.1 cm³/mol. The van der Waals surface area contributed by atoms with Gasteiger partial charge in [-0.1, -0.05) is 0 Å². The quantitative estimate of drug-likeness (QED) is 0.787. The van der Waals surface area contributed by atoms with Crippen molar-refractivity contribution in [3.63, 3.8) is 0 Å². The Bertz CT molecular complexity index is 756. The molecule has 0 aliphatic carbocycles. The molecule has 1 aromatic heterocycles. The predicted octanol–water partition coefficient (Wildman–Crippen LogP) is 2.86. The standard InChI is InChI=1S/C16H13F2N3O3/c1-21(23-2)15(22)16(17,18)14-8-7-13(10-20-14)24-12-5-3-11(9-19)4-6-12/h3-8,10H,1-2H3. The van der Waals surface area contributed by atoms with E-state index in [4.69, 9.17) is 10.00 Å². The van der Waals surface area contributed by atoms with Crippen molar-refractivity contribution in [2.24, 2.45) is 0 Å². The van der Waals surface area contributed by atoms with Crippen molar-refractivity contribution in [2.45, 2.75) is 5.92 Å². The van der Waals surface area contributed by atoms with Gasteiger partial charge in [-0.05, 0) is 36.4 Å². The topological polar surface area (TPSA) is 75.4 Å². The van der Waals surface area contributed by atoms with Crippen LogP contribution in [0.5, 0.6) is 11.5 Å². The molecule has 0 unspecified atom stereocenters. The number of halogens is 2. The maximum absolute atomic E-state index is 14.0. The number of hydroxylamine groups is 2. The van der Waals surface area contributed by atoms with Crippen LogP contribution in [0.2, 0.25) is 0 Å². The molecule has 2 rings (SSSR count). The minimum absolute atomic E-state index is 0.215. The summed E-state index contributed by atoms with van der Waals surface area (Å²) < 4.78 is 33.5. The number of hydrogen-bond acceptors (Lipinski definition) is 5. The number of likely N-dealkylation sites (N-methyl/N-ethyl adjacent to an activating group) is 1. The van der Waals surface area contributed by atoms with Gasteiger partial charge in [-0.2, -0.15) is 14.0 Å². The number of alkyl halides is 2. The van der Waals surface area contributed by atoms with Gasteiger partial charge in [0.2, 0.25) is 0 Å². The average Bonchev–Trinajstić information content (AvgIpc) is 2.61. The van der Waals surface area contributed by atoms with E-state index in [0.29, 0.717) is 16.4 Å². The van der Waals surface area contributed by atoms with Gasteiger partial charge in [-0.15, -0.1) is 0 Å². The number of aromatic nitrogens is 1. The number of benzene rings is 1. The minimum Gasteiger partial charge on any atom is -0.456 e. The highest BCUT2D eigenvalue weighted by Gasteiger charge is 2.45. The molecule has 0 fully saturated rings. The third-order valence-corrected chi connectivity index (χ3v) is 3.11. The Balaban J connectivity index is 2.15. The Morgan fingerprint density at radius 1 is 1.21 bits per heavy atom. The van der Waals surface area contributed by atoms with Gasteiger partial charge in [-0.3, -0.25) is 14.6 Å². The number of nitriles is 1. The third kappa shape index (κ3) is 3.64. The van der Waals surface area contributed by atoms with Gasteiger partial charge in [0, 0.05) is 7.05 Å². The van der Waals surface area contributed by atoms with E-state index in [0.717, 1.165) is 26.4 Å². The molecule has 0 aliphatic rings. The molecule has 0 radical (unpaired) electrons. The lowest BCUT2D eigenvalue weighted by Crippen LogP contribution is -2.39. The molecule has 8 heteroatoms. The molecule has 0 atom stereocenters. The number of nitrogens with zero attached hydrogens (tertiary/aromatic N) is 3. The first kappa shape index (κ1) is 17.3. The van der Waals surface area contributed by atoms with Crippen molar-refractivity contribution in [2.75, 3.05) is 14.2 Å². The van der Waals surface area contributed by atoms with Gasteiger partial charge in [-0.25, -0.2) is 5.06 Å². The van der Waals surface area contributed by atoms with Gasteiger partial charge in [0.05, 0.1) is 24.9 Å². The average molecular weight is 333 g/mol. The number of carbonyl (C=O) groups is 1. The lowest BCUT2D eigenvalue weighted by atomic mass is 10.2. The summed E-state index contributed by atoms with van der Waals surface area (Å²) in [5, 5.41) is 9.15. The molecule has 0 saturated carbocycles. The molecular formula is C16H13F2N3O3. The zero-order chi connectivity index (χ0) is 17.7. The van der Waals surface area contributed by atoms with Gasteiger partial charge in [0.1, 0.15) is 17.2 Å². The van der Waals surface area contributed by atoms with E-state index in [1.165, 1.54) is 6.07 Å². The maximum atomic E-state index is 14.0. The number of pyridine rings is 1. The smallest absolute Gasteiger partial charge is 0.368 e. The van der Waals surface area contributed by atoms with Crippen LogP contribution in [0, 0.1) is 11.3 Å². The highest BCUT2D eigenvalue weighted by Crippen LogP contribution is 2.30. The van der Waals surface area contributed by atoms with Gasteiger partial charge < -0.3 is 4.74 Å². The molecule has 1 heterocycles. The van der Waals surface area contributed by atoms with Crippen molar-refractivity contribution in [3.8, 4) is 17.6 Å². The van der Waals surface area contributed by atoms with E-state index in [-0.39, 0.29) is 5.75 Å². The zero-order valence-corrected chi connectivity index (χ0v) is 12.9. The van der Waals surface area contributed by atoms with E-state index in [2.05, 4.69) is 9.82 Å². The molecule has 1 aromatic carbocycles. The molecule has 0 saturated heterocycles. The molecule has 0 bridgehead atoms. The van der Waals surface area contributed by atoms with Gasteiger partial charge >= 0.3 is 11.8 Å². The summed E-state index contributed by atoms with van der Waals surface area (Å²) in [4.78, 5) is 19.6. The van der Waals surface area contributed by atoms with Crippen molar-refractivity contribution < 1.29 is 23.1 Å². The van der Waals surface area contributed by atoms with Crippen molar-refractivity contribution in [3.05, 3.63) is 53.9 Å². The van der Waals surface area contributed by atoms with Crippen LogP contribution in [0.15, 0.2) is 42.6 Å². The number of carbonyl (C=O) groups excluding carboxylic acids is 1. The van der Waals surface area contributed by atoms with Crippen molar-refractivity contribution in [1.29, 1.82) is 5.26 Å². The second-order valence-electron chi connectivity index (χ2n) is 4.68. The van der Waals surface area contributed by atoms with Crippen LogP contribution in [0.25, 0.3) is 0 Å². The summed E-state index contributed by atoms with van der Waals surface area (Å²) in [6, 6.07) is 10.5. The lowest BCUT2D eigenvalue weighted by molar-refractivity contribution is -0.196. The summed E-state index contributed by atoms with van der Waals surface area (Å²) in [5.41, 5.74) is -0.250. The normalized spacial score (nSPS) is 10.8. The van der Waals surface area contributed by atoms with E-state index in [1.54, 1.807) is 24.3 Å². The molecule has 0 spiro atoms. The molecule has 24 heavy (non-hydrogen) atoms. The summed E-state index contributed by atoms with van der Waals surface area (Å²) >= 11 is 0. The van der Waals surface area contributed by atoms with Crippen molar-refractivity contribution >= 4 is 5.91 Å². The van der Waals surface area contributed by atoms with E-state index >= 15 is 0 Å². The Kier molecular flexibility index (Phi) is 5.06. The maximum Gasteiger partial charge on any atom is 0.368 e. The largest absolute Gasteiger partial charge is 0.456 e. The first-order chi connectivity index (χ1) is 11.4. The van der Waals surface area contributed by atoms with Crippen LogP contribution in [0.1, 0.15) is 11.3 Å². The summed E-state index contributed by atoms with van der Waals surface area (Å²) in [5.74, 6) is -4.71. The fourth-order valence-electron chi connectivity index (χ4n) is 1.75. The number of ether oxygens (including phenoxy) is 1. The van der Waals surface area contributed by atoms with E-state index in [1.807, 2.05) is 6.07 Å². The molecule has 2 aromatic rings. The fraction of sp³-hybridized carbons (Fsp3) is 0.188. The van der Waals surface area contributed by atoms with Crippen LogP contribution >= 0.6 is 0 Å². The Hall–Kier alpha value is -3.05. The van der Waals surface area contributed by atoms with Crippen LogP contribution in [-0.4, -0.2) is 30.1 Å². The van der Waals surface area contributed by atoms with Crippen LogP contribution in [0.3, 0.4) is 0 Å². The van der Waals surface area contributed by atoms with Crippen LogP contribution in [-0.2, 0) is 15.6 Å². The second kappa shape index (κ2) is 7.02. The molecule has 0 aliphatic heterocycles. The molecule has 1 amide bonds. The first-order valence-electron chi connectivity index (χ1n) is 6.73. The van der Waals surface area contributed by atoms with E-state index in [9.17, 15) is 13.6 Å². The minimum atomic E-state index is -3.82. The monoisotopic (exact) mass is 333 g/mol. The summed E-state index contributed by atoms with van der Waals surface area (Å²) in [6.07, 6.45) is 1.08. The van der Waals surface area contributed by atoms with E-state index < -0.39 is 17.5 Å². The van der Waals surface area contributed by atoms with Crippen LogP contribution in [0.4, 0.5) is 8.78 Å². The molecule has 6 nitrogen and oxygen atoms in total. The Labute approximate surface area is 136 Å². The van der Waals surface area contributed by atoms with Gasteiger partial charge in [0.15, 0.2) is 0 Å².